The second-order valence-corrected chi connectivity index (χ2v) is 8.13. The summed E-state index contributed by atoms with van der Waals surface area (Å²) in [5.74, 6) is 0.297. The van der Waals surface area contributed by atoms with E-state index in [0.717, 1.165) is 58.5 Å². The van der Waals surface area contributed by atoms with Gasteiger partial charge in [0.1, 0.15) is 5.01 Å². The summed E-state index contributed by atoms with van der Waals surface area (Å²) < 4.78 is 0. The average molecular weight is 334 g/mol. The fourth-order valence-corrected chi connectivity index (χ4v) is 5.14. The number of aryl methyl sites for hydroxylation is 2. The van der Waals surface area contributed by atoms with E-state index in [-0.39, 0.29) is 6.04 Å². The zero-order valence-electron chi connectivity index (χ0n) is 13.7. The monoisotopic (exact) mass is 334 g/mol. The Morgan fingerprint density at radius 1 is 1.17 bits per heavy atom. The Labute approximate surface area is 142 Å². The van der Waals surface area contributed by atoms with Crippen molar-refractivity contribution in [1.82, 2.24) is 20.1 Å². The van der Waals surface area contributed by atoms with E-state index in [9.17, 15) is 4.79 Å². The molecular weight excluding hydrogens is 308 g/mol. The third kappa shape index (κ3) is 3.44. The quantitative estimate of drug-likeness (QED) is 0.908. The molecule has 0 spiro atoms. The van der Waals surface area contributed by atoms with Crippen LogP contribution < -0.4 is 5.32 Å². The molecule has 126 valence electrons. The van der Waals surface area contributed by atoms with E-state index in [1.165, 1.54) is 34.8 Å². The van der Waals surface area contributed by atoms with Crippen molar-refractivity contribution in [2.75, 3.05) is 32.7 Å². The van der Waals surface area contributed by atoms with E-state index < -0.39 is 0 Å². The van der Waals surface area contributed by atoms with Crippen molar-refractivity contribution < 1.29 is 4.79 Å². The zero-order valence-corrected chi connectivity index (χ0v) is 14.5. The normalized spacial score (nSPS) is 25.6. The number of rotatable bonds is 3. The number of carbonyl (C=O) groups excluding carboxylic acids is 1. The minimum atomic E-state index is -0.0311. The molecule has 1 aliphatic carbocycles. The molecule has 23 heavy (non-hydrogen) atoms. The fraction of sp³-hybridized carbons (Fsp3) is 0.765. The first kappa shape index (κ1) is 15.5. The van der Waals surface area contributed by atoms with Gasteiger partial charge in [0.05, 0.1) is 18.3 Å². The molecule has 6 heteroatoms. The molecule has 2 aliphatic heterocycles. The topological polar surface area (TPSA) is 48.5 Å². The van der Waals surface area contributed by atoms with Gasteiger partial charge in [0.2, 0.25) is 5.91 Å². The lowest BCUT2D eigenvalue weighted by atomic mass is 10.0. The van der Waals surface area contributed by atoms with Gasteiger partial charge < -0.3 is 10.2 Å². The minimum absolute atomic E-state index is 0.0311. The molecule has 5 nitrogen and oxygen atoms in total. The number of fused-ring (bicyclic) bond motifs is 1. The average Bonchev–Trinajstić information content (AvgIpc) is 3.23. The molecule has 1 amide bonds. The summed E-state index contributed by atoms with van der Waals surface area (Å²) in [7, 11) is 0. The molecule has 4 rings (SSSR count). The Kier molecular flexibility index (Phi) is 4.64. The molecule has 1 atom stereocenters. The summed E-state index contributed by atoms with van der Waals surface area (Å²) in [5.41, 5.74) is 1.34. The molecule has 2 fully saturated rings. The number of nitrogens with zero attached hydrogens (tertiary/aromatic N) is 3. The second kappa shape index (κ2) is 6.87. The molecule has 0 saturated carbocycles. The maximum atomic E-state index is 12.6. The first-order valence-electron chi connectivity index (χ1n) is 9.01. The van der Waals surface area contributed by atoms with Crippen molar-refractivity contribution in [3.05, 3.63) is 15.6 Å². The molecule has 0 radical (unpaired) electrons. The molecule has 3 heterocycles. The van der Waals surface area contributed by atoms with Crippen LogP contribution in [-0.4, -0.2) is 59.5 Å². The van der Waals surface area contributed by atoms with Crippen molar-refractivity contribution >= 4 is 17.2 Å². The van der Waals surface area contributed by atoms with Crippen LogP contribution in [0.2, 0.25) is 0 Å². The third-order valence-electron chi connectivity index (χ3n) is 5.22. The van der Waals surface area contributed by atoms with E-state index in [0.29, 0.717) is 5.91 Å². The Bertz CT molecular complexity index is 543. The summed E-state index contributed by atoms with van der Waals surface area (Å²) in [5, 5.41) is 4.65. The highest BCUT2D eigenvalue weighted by atomic mass is 32.1. The maximum Gasteiger partial charge on any atom is 0.241 e. The van der Waals surface area contributed by atoms with Crippen LogP contribution in [0.5, 0.6) is 0 Å². The third-order valence-corrected chi connectivity index (χ3v) is 6.37. The number of aromatic nitrogens is 1. The van der Waals surface area contributed by atoms with Crippen LogP contribution in [0.15, 0.2) is 0 Å². The molecular formula is C17H26N4OS. The van der Waals surface area contributed by atoms with Crippen LogP contribution >= 0.6 is 11.3 Å². The molecule has 0 aromatic carbocycles. The van der Waals surface area contributed by atoms with Crippen LogP contribution in [0.1, 0.15) is 41.3 Å². The van der Waals surface area contributed by atoms with Crippen LogP contribution in [-0.2, 0) is 24.2 Å². The van der Waals surface area contributed by atoms with E-state index in [2.05, 4.69) is 10.2 Å². The number of nitrogens with one attached hydrogen (secondary N) is 1. The number of thiazole rings is 1. The minimum Gasteiger partial charge on any atom is -0.341 e. The van der Waals surface area contributed by atoms with Crippen molar-refractivity contribution in [3.8, 4) is 0 Å². The van der Waals surface area contributed by atoms with Gasteiger partial charge in [-0.15, -0.1) is 11.3 Å². The van der Waals surface area contributed by atoms with Gasteiger partial charge in [0.15, 0.2) is 0 Å². The predicted octanol–water partition coefficient (Wildman–Crippen LogP) is 1.42. The first-order chi connectivity index (χ1) is 11.3. The van der Waals surface area contributed by atoms with Crippen molar-refractivity contribution in [2.45, 2.75) is 51.1 Å². The van der Waals surface area contributed by atoms with Gasteiger partial charge in [-0.25, -0.2) is 4.98 Å². The van der Waals surface area contributed by atoms with E-state index in [4.69, 9.17) is 4.98 Å². The van der Waals surface area contributed by atoms with Crippen molar-refractivity contribution in [3.63, 3.8) is 0 Å². The Morgan fingerprint density at radius 3 is 2.83 bits per heavy atom. The Morgan fingerprint density at radius 2 is 2.00 bits per heavy atom. The van der Waals surface area contributed by atoms with Gasteiger partial charge in [-0.3, -0.25) is 9.69 Å². The van der Waals surface area contributed by atoms with Gasteiger partial charge in [-0.2, -0.15) is 0 Å². The van der Waals surface area contributed by atoms with Crippen molar-refractivity contribution in [1.29, 1.82) is 0 Å². The smallest absolute Gasteiger partial charge is 0.241 e. The fourth-order valence-electron chi connectivity index (χ4n) is 3.94. The second-order valence-electron chi connectivity index (χ2n) is 6.96. The molecule has 0 unspecified atom stereocenters. The summed E-state index contributed by atoms with van der Waals surface area (Å²) in [6.07, 6.45) is 7.29. The molecule has 0 bridgehead atoms. The summed E-state index contributed by atoms with van der Waals surface area (Å²) in [4.78, 5) is 23.4. The van der Waals surface area contributed by atoms with Crippen LogP contribution in [0, 0.1) is 0 Å². The van der Waals surface area contributed by atoms with Gasteiger partial charge in [-0.05, 0) is 38.5 Å². The maximum absolute atomic E-state index is 12.6. The highest BCUT2D eigenvalue weighted by Crippen LogP contribution is 2.27. The van der Waals surface area contributed by atoms with Crippen molar-refractivity contribution in [2.24, 2.45) is 0 Å². The lowest BCUT2D eigenvalue weighted by Crippen LogP contribution is -2.57. The Hall–Kier alpha value is -0.980. The van der Waals surface area contributed by atoms with Gasteiger partial charge in [0.25, 0.3) is 0 Å². The largest absolute Gasteiger partial charge is 0.341 e. The number of likely N-dealkylation sites (tertiary alicyclic amines) is 1. The highest BCUT2D eigenvalue weighted by molar-refractivity contribution is 7.11. The van der Waals surface area contributed by atoms with E-state index >= 15 is 0 Å². The SMILES string of the molecule is O=C([C@H]1CN(Cc2nc3c(s2)CCCC3)CCN1)N1CCCC1. The summed E-state index contributed by atoms with van der Waals surface area (Å²) in [6, 6.07) is -0.0311. The molecule has 1 aromatic rings. The number of hydrogen-bond acceptors (Lipinski definition) is 5. The molecule has 3 aliphatic rings. The molecule has 2 saturated heterocycles. The lowest BCUT2D eigenvalue weighted by Gasteiger charge is -2.34. The molecule has 1 N–H and O–H groups in total. The predicted molar refractivity (Wildman–Crippen MR) is 91.6 cm³/mol. The van der Waals surface area contributed by atoms with Gasteiger partial charge >= 0.3 is 0 Å². The first-order valence-corrected chi connectivity index (χ1v) is 9.83. The number of hydrogen-bond donors (Lipinski definition) is 1. The van der Waals surface area contributed by atoms with Crippen LogP contribution in [0.4, 0.5) is 0 Å². The number of piperazine rings is 1. The number of carbonyl (C=O) groups is 1. The van der Waals surface area contributed by atoms with E-state index in [1.807, 2.05) is 16.2 Å². The standard InChI is InChI=1S/C17H26N4OS/c22-17(21-8-3-4-9-21)14-11-20(10-7-18-14)12-16-19-13-5-1-2-6-15(13)23-16/h14,18H,1-12H2/t14-/m1/s1. The van der Waals surface area contributed by atoms with Gasteiger partial charge in [-0.1, -0.05) is 0 Å². The zero-order chi connectivity index (χ0) is 15.6. The van der Waals surface area contributed by atoms with Gasteiger partial charge in [0, 0.05) is 37.6 Å². The van der Waals surface area contributed by atoms with Crippen LogP contribution in [0.3, 0.4) is 0 Å². The highest BCUT2D eigenvalue weighted by Gasteiger charge is 2.30. The summed E-state index contributed by atoms with van der Waals surface area (Å²) in [6.45, 7) is 5.51. The Balaban J connectivity index is 1.37. The summed E-state index contributed by atoms with van der Waals surface area (Å²) >= 11 is 1.90. The van der Waals surface area contributed by atoms with E-state index in [1.54, 1.807) is 0 Å². The van der Waals surface area contributed by atoms with Crippen LogP contribution in [0.25, 0.3) is 0 Å². The number of amides is 1. The molecule has 1 aromatic heterocycles. The lowest BCUT2D eigenvalue weighted by molar-refractivity contribution is -0.133.